The average molecular weight is 326 g/mol. The molecular weight excluding hydrogens is 304 g/mol. The lowest BCUT2D eigenvalue weighted by atomic mass is 10.1. The molecule has 0 saturated heterocycles. The second-order valence-corrected chi connectivity index (χ2v) is 5.54. The summed E-state index contributed by atoms with van der Waals surface area (Å²) < 4.78 is 13.0. The zero-order valence-electron chi connectivity index (χ0n) is 14.5. The van der Waals surface area contributed by atoms with E-state index in [1.165, 1.54) is 0 Å². The topological polar surface area (TPSA) is 61.2 Å². The van der Waals surface area contributed by atoms with E-state index in [4.69, 9.17) is 14.5 Å². The van der Waals surface area contributed by atoms with Gasteiger partial charge in [0.25, 0.3) is 0 Å². The molecule has 0 unspecified atom stereocenters. The predicted molar refractivity (Wildman–Crippen MR) is 94.8 cm³/mol. The molecule has 0 amide bonds. The summed E-state index contributed by atoms with van der Waals surface area (Å²) in [6.45, 7) is 5.71. The summed E-state index contributed by atoms with van der Waals surface area (Å²) >= 11 is 0. The fourth-order valence-corrected chi connectivity index (χ4v) is 2.86. The number of rotatable bonds is 6. The van der Waals surface area contributed by atoms with E-state index in [0.717, 1.165) is 46.0 Å². The summed E-state index contributed by atoms with van der Waals surface area (Å²) in [5, 5.41) is 4.35. The summed E-state index contributed by atoms with van der Waals surface area (Å²) in [6.07, 6.45) is 3.71. The van der Waals surface area contributed by atoms with Gasteiger partial charge in [-0.25, -0.2) is 9.97 Å². The van der Waals surface area contributed by atoms with E-state index < -0.39 is 0 Å². The van der Waals surface area contributed by atoms with Crippen LogP contribution in [0.2, 0.25) is 0 Å². The highest BCUT2D eigenvalue weighted by molar-refractivity contribution is 5.94. The number of nitrogens with zero attached hydrogens (tertiary/aromatic N) is 3. The molecule has 1 N–H and O–H groups in total. The molecule has 3 aromatic rings. The first kappa shape index (κ1) is 16.1. The van der Waals surface area contributed by atoms with Crippen molar-refractivity contribution in [1.29, 1.82) is 0 Å². The van der Waals surface area contributed by atoms with Gasteiger partial charge in [0, 0.05) is 18.1 Å². The molecule has 0 atom stereocenters. The van der Waals surface area contributed by atoms with Gasteiger partial charge in [-0.2, -0.15) is 0 Å². The maximum absolute atomic E-state index is 5.47. The number of ether oxygens (including phenoxy) is 2. The van der Waals surface area contributed by atoms with Crippen LogP contribution in [-0.4, -0.2) is 28.8 Å². The van der Waals surface area contributed by atoms with Crippen LogP contribution in [-0.2, 0) is 13.1 Å². The molecule has 0 bridgehead atoms. The number of aromatic nitrogens is 3. The van der Waals surface area contributed by atoms with Gasteiger partial charge < -0.3 is 19.4 Å². The third kappa shape index (κ3) is 2.87. The van der Waals surface area contributed by atoms with Crippen molar-refractivity contribution >= 4 is 16.7 Å². The lowest BCUT2D eigenvalue weighted by Crippen LogP contribution is -2.07. The molecule has 0 aliphatic heterocycles. The number of benzene rings is 1. The van der Waals surface area contributed by atoms with Crippen molar-refractivity contribution in [2.24, 2.45) is 0 Å². The first-order valence-electron chi connectivity index (χ1n) is 7.93. The first-order valence-corrected chi connectivity index (χ1v) is 7.93. The van der Waals surface area contributed by atoms with Crippen molar-refractivity contribution in [2.45, 2.75) is 26.9 Å². The van der Waals surface area contributed by atoms with Crippen LogP contribution in [0.1, 0.15) is 18.2 Å². The number of aryl methyl sites for hydroxylation is 2. The minimum absolute atomic E-state index is 0.665. The number of anilines is 1. The maximum Gasteiger partial charge on any atom is 0.145 e. The van der Waals surface area contributed by atoms with E-state index >= 15 is 0 Å². The molecule has 2 heterocycles. The molecule has 1 aromatic carbocycles. The van der Waals surface area contributed by atoms with Crippen LogP contribution in [0.3, 0.4) is 0 Å². The highest BCUT2D eigenvalue weighted by Crippen LogP contribution is 2.35. The molecule has 0 aliphatic rings. The van der Waals surface area contributed by atoms with Crippen LogP contribution in [0, 0.1) is 6.92 Å². The summed E-state index contributed by atoms with van der Waals surface area (Å²) in [4.78, 5) is 8.91. The molecule has 0 aliphatic carbocycles. The van der Waals surface area contributed by atoms with Crippen LogP contribution in [0.4, 0.5) is 5.82 Å². The van der Waals surface area contributed by atoms with Gasteiger partial charge in [-0.1, -0.05) is 0 Å². The van der Waals surface area contributed by atoms with E-state index in [2.05, 4.69) is 21.8 Å². The molecule has 0 radical (unpaired) electrons. The minimum atomic E-state index is 0.665. The fraction of sp³-hybridized carbons (Fsp3) is 0.333. The molecule has 0 saturated carbocycles. The second-order valence-electron chi connectivity index (χ2n) is 5.54. The molecule has 0 fully saturated rings. The third-order valence-corrected chi connectivity index (χ3v) is 4.11. The number of hydrogen-bond acceptors (Lipinski definition) is 5. The number of pyridine rings is 1. The Morgan fingerprint density at radius 3 is 2.62 bits per heavy atom. The zero-order chi connectivity index (χ0) is 17.1. The average Bonchev–Trinajstić information content (AvgIpc) is 3.06. The molecule has 126 valence electrons. The van der Waals surface area contributed by atoms with E-state index in [0.29, 0.717) is 6.54 Å². The van der Waals surface area contributed by atoms with E-state index in [-0.39, 0.29) is 0 Å². The Balaban J connectivity index is 1.98. The Morgan fingerprint density at radius 1 is 1.17 bits per heavy atom. The van der Waals surface area contributed by atoms with Crippen LogP contribution >= 0.6 is 0 Å². The Morgan fingerprint density at radius 2 is 1.92 bits per heavy atom. The monoisotopic (exact) mass is 326 g/mol. The Bertz CT molecular complexity index is 858. The molecular formula is C18H22N4O2. The van der Waals surface area contributed by atoms with Gasteiger partial charge in [0.2, 0.25) is 0 Å². The molecule has 24 heavy (non-hydrogen) atoms. The molecule has 2 aromatic heterocycles. The maximum atomic E-state index is 5.47. The van der Waals surface area contributed by atoms with E-state index in [1.807, 2.05) is 37.6 Å². The predicted octanol–water partition coefficient (Wildman–Crippen LogP) is 3.39. The van der Waals surface area contributed by atoms with Crippen molar-refractivity contribution in [2.75, 3.05) is 19.5 Å². The number of nitrogens with one attached hydrogen (secondary N) is 1. The molecule has 3 rings (SSSR count). The van der Waals surface area contributed by atoms with Crippen molar-refractivity contribution in [1.82, 2.24) is 14.5 Å². The lowest BCUT2D eigenvalue weighted by Gasteiger charge is -2.14. The smallest absolute Gasteiger partial charge is 0.145 e. The van der Waals surface area contributed by atoms with Crippen molar-refractivity contribution in [3.05, 3.63) is 42.0 Å². The second kappa shape index (κ2) is 6.78. The quantitative estimate of drug-likeness (QED) is 0.752. The van der Waals surface area contributed by atoms with Gasteiger partial charge in [-0.15, -0.1) is 0 Å². The van der Waals surface area contributed by atoms with Crippen molar-refractivity contribution in [3.63, 3.8) is 0 Å². The van der Waals surface area contributed by atoms with Crippen LogP contribution in [0.5, 0.6) is 11.5 Å². The van der Waals surface area contributed by atoms with Gasteiger partial charge >= 0.3 is 0 Å². The Kier molecular flexibility index (Phi) is 4.55. The number of fused-ring (bicyclic) bond motifs is 1. The van der Waals surface area contributed by atoms with E-state index in [9.17, 15) is 0 Å². The van der Waals surface area contributed by atoms with Gasteiger partial charge in [-0.05, 0) is 37.6 Å². The van der Waals surface area contributed by atoms with Crippen LogP contribution in [0.25, 0.3) is 10.9 Å². The van der Waals surface area contributed by atoms with Crippen molar-refractivity contribution in [3.8, 4) is 11.5 Å². The first-order chi connectivity index (χ1) is 11.7. The van der Waals surface area contributed by atoms with Gasteiger partial charge in [0.05, 0.1) is 32.8 Å². The lowest BCUT2D eigenvalue weighted by molar-refractivity contribution is 0.409. The van der Waals surface area contributed by atoms with E-state index in [1.54, 1.807) is 14.2 Å². The Labute approximate surface area is 141 Å². The Hall–Kier alpha value is -2.76. The highest BCUT2D eigenvalue weighted by Gasteiger charge is 2.13. The SMILES string of the molecule is CCn1cncc1CNc1cc(C)c2c(OC)ccc(OC)c2n1. The summed E-state index contributed by atoms with van der Waals surface area (Å²) in [7, 11) is 3.32. The zero-order valence-corrected chi connectivity index (χ0v) is 14.5. The van der Waals surface area contributed by atoms with Crippen LogP contribution < -0.4 is 14.8 Å². The highest BCUT2D eigenvalue weighted by atomic mass is 16.5. The van der Waals surface area contributed by atoms with Gasteiger partial charge in [0.1, 0.15) is 22.8 Å². The van der Waals surface area contributed by atoms with Gasteiger partial charge in [0.15, 0.2) is 0 Å². The standard InChI is InChI=1S/C18H22N4O2/c1-5-22-11-19-9-13(22)10-20-16-8-12(2)17-14(23-3)6-7-15(24-4)18(17)21-16/h6-9,11H,5,10H2,1-4H3,(H,20,21). The molecule has 6 nitrogen and oxygen atoms in total. The number of hydrogen-bond donors (Lipinski definition) is 1. The summed E-state index contributed by atoms with van der Waals surface area (Å²) in [6, 6.07) is 5.81. The largest absolute Gasteiger partial charge is 0.496 e. The normalized spacial score (nSPS) is 10.8. The summed E-state index contributed by atoms with van der Waals surface area (Å²) in [5.74, 6) is 2.33. The van der Waals surface area contributed by atoms with Gasteiger partial charge in [-0.3, -0.25) is 0 Å². The number of imidazole rings is 1. The minimum Gasteiger partial charge on any atom is -0.496 e. The molecule has 0 spiro atoms. The van der Waals surface area contributed by atoms with Crippen molar-refractivity contribution < 1.29 is 9.47 Å². The third-order valence-electron chi connectivity index (χ3n) is 4.11. The number of methoxy groups -OCH3 is 2. The molecule has 6 heteroatoms. The fourth-order valence-electron chi connectivity index (χ4n) is 2.86. The summed E-state index contributed by atoms with van der Waals surface area (Å²) in [5.41, 5.74) is 3.00. The van der Waals surface area contributed by atoms with Crippen LogP contribution in [0.15, 0.2) is 30.7 Å².